The normalized spacial score (nSPS) is 10.2. The zero-order valence-corrected chi connectivity index (χ0v) is 10.4. The standard InChI is InChI=1S/C14H13FN2O2/c1-10-2-7-13(15)14(8-10)16-9-11-3-5-12(6-4-11)17(18)19/h2-8,16H,9H2,1H3. The molecule has 0 radical (unpaired) electrons. The summed E-state index contributed by atoms with van der Waals surface area (Å²) in [5.41, 5.74) is 2.29. The molecule has 0 aliphatic carbocycles. The summed E-state index contributed by atoms with van der Waals surface area (Å²) in [5.74, 6) is -0.312. The zero-order chi connectivity index (χ0) is 13.8. The molecule has 5 heteroatoms. The van der Waals surface area contributed by atoms with Crippen LogP contribution in [0, 0.1) is 22.9 Å². The van der Waals surface area contributed by atoms with E-state index in [1.165, 1.54) is 18.2 Å². The lowest BCUT2D eigenvalue weighted by Gasteiger charge is -2.08. The summed E-state index contributed by atoms with van der Waals surface area (Å²) < 4.78 is 13.5. The van der Waals surface area contributed by atoms with Crippen molar-refractivity contribution in [1.82, 2.24) is 0 Å². The van der Waals surface area contributed by atoms with E-state index in [0.29, 0.717) is 12.2 Å². The lowest BCUT2D eigenvalue weighted by Crippen LogP contribution is -2.01. The summed E-state index contributed by atoms with van der Waals surface area (Å²) in [4.78, 5) is 10.1. The van der Waals surface area contributed by atoms with Crippen molar-refractivity contribution in [3.63, 3.8) is 0 Å². The molecule has 98 valence electrons. The van der Waals surface area contributed by atoms with Gasteiger partial charge in [0, 0.05) is 18.7 Å². The minimum absolute atomic E-state index is 0.0467. The van der Waals surface area contributed by atoms with Crippen molar-refractivity contribution >= 4 is 11.4 Å². The number of nitro groups is 1. The Kier molecular flexibility index (Phi) is 3.75. The average Bonchev–Trinajstić information content (AvgIpc) is 2.40. The molecule has 1 N–H and O–H groups in total. The Bertz CT molecular complexity index is 597. The first-order valence-electron chi connectivity index (χ1n) is 5.79. The Morgan fingerprint density at radius 1 is 1.21 bits per heavy atom. The number of hydrogen-bond donors (Lipinski definition) is 1. The lowest BCUT2D eigenvalue weighted by molar-refractivity contribution is -0.384. The van der Waals surface area contributed by atoms with Crippen LogP contribution in [0.25, 0.3) is 0 Å². The van der Waals surface area contributed by atoms with Gasteiger partial charge < -0.3 is 5.32 Å². The molecule has 19 heavy (non-hydrogen) atoms. The Hall–Kier alpha value is -2.43. The van der Waals surface area contributed by atoms with E-state index in [1.54, 1.807) is 24.3 Å². The maximum atomic E-state index is 13.5. The van der Waals surface area contributed by atoms with Crippen molar-refractivity contribution < 1.29 is 9.31 Å². The van der Waals surface area contributed by atoms with Crippen molar-refractivity contribution in [2.24, 2.45) is 0 Å². The summed E-state index contributed by atoms with van der Waals surface area (Å²) in [6.45, 7) is 2.30. The molecule has 0 saturated carbocycles. The van der Waals surface area contributed by atoms with Crippen molar-refractivity contribution in [3.05, 3.63) is 69.5 Å². The maximum Gasteiger partial charge on any atom is 0.269 e. The van der Waals surface area contributed by atoms with Crippen LogP contribution in [0.4, 0.5) is 15.8 Å². The topological polar surface area (TPSA) is 55.2 Å². The van der Waals surface area contributed by atoms with Gasteiger partial charge in [0.05, 0.1) is 10.6 Å². The highest BCUT2D eigenvalue weighted by atomic mass is 19.1. The highest BCUT2D eigenvalue weighted by molar-refractivity contribution is 5.47. The van der Waals surface area contributed by atoms with Crippen LogP contribution in [0.5, 0.6) is 0 Å². The van der Waals surface area contributed by atoms with E-state index in [-0.39, 0.29) is 11.5 Å². The molecule has 0 aliphatic heterocycles. The van der Waals surface area contributed by atoms with Gasteiger partial charge >= 0.3 is 0 Å². The first-order valence-corrected chi connectivity index (χ1v) is 5.79. The van der Waals surface area contributed by atoms with E-state index in [9.17, 15) is 14.5 Å². The van der Waals surface area contributed by atoms with Gasteiger partial charge in [0.25, 0.3) is 5.69 Å². The van der Waals surface area contributed by atoms with Crippen molar-refractivity contribution in [2.45, 2.75) is 13.5 Å². The van der Waals surface area contributed by atoms with E-state index in [4.69, 9.17) is 0 Å². The van der Waals surface area contributed by atoms with Gasteiger partial charge in [-0.05, 0) is 30.2 Å². The SMILES string of the molecule is Cc1ccc(F)c(NCc2ccc([N+](=O)[O-])cc2)c1. The fourth-order valence-electron chi connectivity index (χ4n) is 1.71. The van der Waals surface area contributed by atoms with Crippen LogP contribution in [0.15, 0.2) is 42.5 Å². The maximum absolute atomic E-state index is 13.5. The second kappa shape index (κ2) is 5.48. The number of nitro benzene ring substituents is 1. The Labute approximate surface area is 110 Å². The van der Waals surface area contributed by atoms with Gasteiger partial charge in [-0.1, -0.05) is 18.2 Å². The van der Waals surface area contributed by atoms with E-state index in [1.807, 2.05) is 6.92 Å². The quantitative estimate of drug-likeness (QED) is 0.674. The smallest absolute Gasteiger partial charge is 0.269 e. The number of halogens is 1. The third kappa shape index (κ3) is 3.28. The van der Waals surface area contributed by atoms with Gasteiger partial charge in [0.2, 0.25) is 0 Å². The molecule has 0 aromatic heterocycles. The van der Waals surface area contributed by atoms with Gasteiger partial charge in [-0.2, -0.15) is 0 Å². The number of non-ortho nitro benzene ring substituents is 1. The highest BCUT2D eigenvalue weighted by Gasteiger charge is 2.05. The number of benzene rings is 2. The van der Waals surface area contributed by atoms with Crippen LogP contribution in [0.1, 0.15) is 11.1 Å². The molecule has 0 saturated heterocycles. The van der Waals surface area contributed by atoms with Crippen LogP contribution in [0.3, 0.4) is 0 Å². The largest absolute Gasteiger partial charge is 0.379 e. The molecular formula is C14H13FN2O2. The Morgan fingerprint density at radius 3 is 2.53 bits per heavy atom. The molecule has 0 heterocycles. The lowest BCUT2D eigenvalue weighted by atomic mass is 10.2. The van der Waals surface area contributed by atoms with Crippen LogP contribution in [0.2, 0.25) is 0 Å². The molecule has 0 aliphatic rings. The van der Waals surface area contributed by atoms with E-state index < -0.39 is 4.92 Å². The molecule has 0 unspecified atom stereocenters. The number of aryl methyl sites for hydroxylation is 1. The zero-order valence-electron chi connectivity index (χ0n) is 10.4. The second-order valence-corrected chi connectivity index (χ2v) is 4.26. The fraction of sp³-hybridized carbons (Fsp3) is 0.143. The number of anilines is 1. The molecule has 0 fully saturated rings. The highest BCUT2D eigenvalue weighted by Crippen LogP contribution is 2.17. The molecule has 2 rings (SSSR count). The Balaban J connectivity index is 2.06. The first-order chi connectivity index (χ1) is 9.06. The van der Waals surface area contributed by atoms with Crippen molar-refractivity contribution in [2.75, 3.05) is 5.32 Å². The predicted molar refractivity (Wildman–Crippen MR) is 71.6 cm³/mol. The summed E-state index contributed by atoms with van der Waals surface area (Å²) >= 11 is 0. The van der Waals surface area contributed by atoms with Crippen molar-refractivity contribution in [1.29, 1.82) is 0 Å². The van der Waals surface area contributed by atoms with Gasteiger partial charge in [-0.15, -0.1) is 0 Å². The number of nitrogens with zero attached hydrogens (tertiary/aromatic N) is 1. The molecule has 0 atom stereocenters. The second-order valence-electron chi connectivity index (χ2n) is 4.26. The fourth-order valence-corrected chi connectivity index (χ4v) is 1.71. The summed E-state index contributed by atoms with van der Waals surface area (Å²) in [5, 5.41) is 13.5. The van der Waals surface area contributed by atoms with Crippen LogP contribution < -0.4 is 5.32 Å². The van der Waals surface area contributed by atoms with E-state index in [0.717, 1.165) is 11.1 Å². The first kappa shape index (κ1) is 13.0. The molecule has 2 aromatic rings. The third-order valence-corrected chi connectivity index (χ3v) is 2.75. The predicted octanol–water partition coefficient (Wildman–Crippen LogP) is 3.65. The van der Waals surface area contributed by atoms with E-state index >= 15 is 0 Å². The van der Waals surface area contributed by atoms with Gasteiger partial charge in [-0.25, -0.2) is 4.39 Å². The molecule has 0 amide bonds. The average molecular weight is 260 g/mol. The van der Waals surface area contributed by atoms with Crippen LogP contribution in [-0.2, 0) is 6.54 Å². The molecule has 2 aromatic carbocycles. The third-order valence-electron chi connectivity index (χ3n) is 2.75. The Morgan fingerprint density at radius 2 is 1.89 bits per heavy atom. The van der Waals surface area contributed by atoms with Gasteiger partial charge in [0.1, 0.15) is 5.82 Å². The molecule has 0 bridgehead atoms. The van der Waals surface area contributed by atoms with Crippen molar-refractivity contribution in [3.8, 4) is 0 Å². The van der Waals surface area contributed by atoms with Gasteiger partial charge in [0.15, 0.2) is 0 Å². The minimum atomic E-state index is -0.447. The van der Waals surface area contributed by atoms with Crippen LogP contribution >= 0.6 is 0 Å². The number of nitrogens with one attached hydrogen (secondary N) is 1. The molecular weight excluding hydrogens is 247 g/mol. The minimum Gasteiger partial charge on any atom is -0.379 e. The van der Waals surface area contributed by atoms with Gasteiger partial charge in [-0.3, -0.25) is 10.1 Å². The number of hydrogen-bond acceptors (Lipinski definition) is 3. The summed E-state index contributed by atoms with van der Waals surface area (Å²) in [6.07, 6.45) is 0. The molecule has 0 spiro atoms. The summed E-state index contributed by atoms with van der Waals surface area (Å²) in [6, 6.07) is 11.0. The van der Waals surface area contributed by atoms with E-state index in [2.05, 4.69) is 5.32 Å². The summed E-state index contributed by atoms with van der Waals surface area (Å²) in [7, 11) is 0. The van der Waals surface area contributed by atoms with Crippen LogP contribution in [-0.4, -0.2) is 4.92 Å². The number of rotatable bonds is 4. The molecule has 4 nitrogen and oxygen atoms in total. The monoisotopic (exact) mass is 260 g/mol.